The molecule has 7 heteroatoms. The van der Waals surface area contributed by atoms with E-state index in [2.05, 4.69) is 31.3 Å². The van der Waals surface area contributed by atoms with Crippen molar-refractivity contribution in [3.8, 4) is 0 Å². The fourth-order valence-electron chi connectivity index (χ4n) is 2.77. The van der Waals surface area contributed by atoms with E-state index >= 15 is 0 Å². The van der Waals surface area contributed by atoms with E-state index in [-0.39, 0.29) is 12.0 Å². The van der Waals surface area contributed by atoms with Gasteiger partial charge in [0.1, 0.15) is 6.54 Å². The van der Waals surface area contributed by atoms with Crippen LogP contribution in [0.1, 0.15) is 44.4 Å². The second-order valence-corrected chi connectivity index (χ2v) is 10.1. The summed E-state index contributed by atoms with van der Waals surface area (Å²) in [7, 11) is -3.62. The Morgan fingerprint density at radius 3 is 2.24 bits per heavy atom. The van der Waals surface area contributed by atoms with E-state index in [1.807, 2.05) is 37.3 Å². The van der Waals surface area contributed by atoms with Crippen LogP contribution >= 0.6 is 0 Å². The minimum Gasteiger partial charge on any atom is -0.271 e. The van der Waals surface area contributed by atoms with Crippen molar-refractivity contribution in [2.45, 2.75) is 40.0 Å². The van der Waals surface area contributed by atoms with Gasteiger partial charge in [0.25, 0.3) is 5.91 Å². The van der Waals surface area contributed by atoms with Crippen LogP contribution in [0.3, 0.4) is 0 Å². The van der Waals surface area contributed by atoms with Crippen molar-refractivity contribution in [1.29, 1.82) is 0 Å². The molecule has 29 heavy (non-hydrogen) atoms. The maximum Gasteiger partial charge on any atom is 0.260 e. The number of amides is 1. The molecule has 0 unspecified atom stereocenters. The average molecular weight is 416 g/mol. The van der Waals surface area contributed by atoms with Crippen LogP contribution < -0.4 is 9.73 Å². The SMILES string of the molecule is C/C(=N\NC(=O)CN(c1cccc(C)c1)S(C)(=O)=O)c1ccc(C(C)(C)C)cc1. The number of nitrogens with one attached hydrogen (secondary N) is 1. The topological polar surface area (TPSA) is 78.8 Å². The number of anilines is 1. The highest BCUT2D eigenvalue weighted by molar-refractivity contribution is 7.92. The van der Waals surface area contributed by atoms with E-state index in [1.165, 1.54) is 5.56 Å². The van der Waals surface area contributed by atoms with Crippen molar-refractivity contribution in [1.82, 2.24) is 5.43 Å². The van der Waals surface area contributed by atoms with Crippen molar-refractivity contribution in [2.75, 3.05) is 17.1 Å². The van der Waals surface area contributed by atoms with Gasteiger partial charge in [0.15, 0.2) is 0 Å². The summed E-state index contributed by atoms with van der Waals surface area (Å²) < 4.78 is 25.4. The lowest BCUT2D eigenvalue weighted by Crippen LogP contribution is -2.39. The summed E-state index contributed by atoms with van der Waals surface area (Å²) in [6.45, 7) is 9.74. The number of hydrogen-bond donors (Lipinski definition) is 1. The van der Waals surface area contributed by atoms with Crippen LogP contribution in [0.4, 0.5) is 5.69 Å². The van der Waals surface area contributed by atoms with Crippen molar-refractivity contribution in [2.24, 2.45) is 5.10 Å². The molecule has 1 amide bonds. The maximum atomic E-state index is 12.4. The molecule has 0 atom stereocenters. The van der Waals surface area contributed by atoms with Crippen molar-refractivity contribution in [3.05, 3.63) is 65.2 Å². The van der Waals surface area contributed by atoms with E-state index in [1.54, 1.807) is 25.1 Å². The zero-order chi connectivity index (χ0) is 21.8. The Morgan fingerprint density at radius 2 is 1.72 bits per heavy atom. The lowest BCUT2D eigenvalue weighted by atomic mass is 9.86. The molecular formula is C22H29N3O3S. The van der Waals surface area contributed by atoms with E-state index in [0.29, 0.717) is 11.4 Å². The Hall–Kier alpha value is -2.67. The molecule has 0 heterocycles. The first kappa shape index (κ1) is 22.6. The number of sulfonamides is 1. The molecule has 1 N–H and O–H groups in total. The predicted octanol–water partition coefficient (Wildman–Crippen LogP) is 3.60. The Balaban J connectivity index is 2.12. The minimum absolute atomic E-state index is 0.0582. The van der Waals surface area contributed by atoms with Gasteiger partial charge >= 0.3 is 0 Å². The van der Waals surface area contributed by atoms with Crippen LogP contribution in [0.2, 0.25) is 0 Å². The molecule has 2 aromatic rings. The first-order valence-electron chi connectivity index (χ1n) is 9.36. The van der Waals surface area contributed by atoms with E-state index in [4.69, 9.17) is 0 Å². The van der Waals surface area contributed by atoms with Crippen LogP contribution in [0.15, 0.2) is 53.6 Å². The molecule has 2 aromatic carbocycles. The third kappa shape index (κ3) is 6.42. The molecular weight excluding hydrogens is 386 g/mol. The van der Waals surface area contributed by atoms with Crippen LogP contribution in [0.25, 0.3) is 0 Å². The number of hydrazone groups is 1. The van der Waals surface area contributed by atoms with Gasteiger partial charge in [-0.15, -0.1) is 0 Å². The normalized spacial score (nSPS) is 12.6. The second-order valence-electron chi connectivity index (χ2n) is 8.17. The first-order chi connectivity index (χ1) is 13.4. The smallest absolute Gasteiger partial charge is 0.260 e. The maximum absolute atomic E-state index is 12.4. The Kier molecular flexibility index (Phi) is 6.85. The van der Waals surface area contributed by atoms with E-state index < -0.39 is 15.9 Å². The fraction of sp³-hybridized carbons (Fsp3) is 0.364. The lowest BCUT2D eigenvalue weighted by Gasteiger charge is -2.21. The van der Waals surface area contributed by atoms with Crippen molar-refractivity contribution < 1.29 is 13.2 Å². The van der Waals surface area contributed by atoms with Crippen molar-refractivity contribution >= 4 is 27.3 Å². The number of rotatable bonds is 6. The van der Waals surface area contributed by atoms with Crippen LogP contribution in [-0.4, -0.2) is 32.8 Å². The molecule has 0 radical (unpaired) electrons. The quantitative estimate of drug-likeness (QED) is 0.578. The van der Waals surface area contributed by atoms with Crippen molar-refractivity contribution in [3.63, 3.8) is 0 Å². The Morgan fingerprint density at radius 1 is 1.10 bits per heavy atom. The summed E-state index contributed by atoms with van der Waals surface area (Å²) >= 11 is 0. The van der Waals surface area contributed by atoms with Gasteiger partial charge in [0.05, 0.1) is 17.7 Å². The van der Waals surface area contributed by atoms with Crippen LogP contribution in [0, 0.1) is 6.92 Å². The van der Waals surface area contributed by atoms with Gasteiger partial charge in [-0.05, 0) is 48.1 Å². The van der Waals surface area contributed by atoms with Gasteiger partial charge in [0.2, 0.25) is 10.0 Å². The molecule has 6 nitrogen and oxygen atoms in total. The first-order valence-corrected chi connectivity index (χ1v) is 11.2. The molecule has 0 aromatic heterocycles. The van der Waals surface area contributed by atoms with Gasteiger partial charge in [-0.25, -0.2) is 13.8 Å². The summed E-state index contributed by atoms with van der Waals surface area (Å²) in [4.78, 5) is 12.4. The molecule has 0 aliphatic rings. The predicted molar refractivity (Wildman–Crippen MR) is 119 cm³/mol. The van der Waals surface area contributed by atoms with Gasteiger partial charge < -0.3 is 0 Å². The molecule has 0 aliphatic carbocycles. The number of benzene rings is 2. The molecule has 0 aliphatic heterocycles. The summed E-state index contributed by atoms with van der Waals surface area (Å²) in [5.41, 5.74) is 6.60. The van der Waals surface area contributed by atoms with Crippen LogP contribution in [0.5, 0.6) is 0 Å². The standard InChI is InChI=1S/C22H29N3O3S/c1-16-8-7-9-20(14-16)25(29(6,27)28)15-21(26)24-23-17(2)18-10-12-19(13-11-18)22(3,4)5/h7-14H,15H2,1-6H3,(H,24,26)/b23-17+. The average Bonchev–Trinajstić information content (AvgIpc) is 2.62. The monoisotopic (exact) mass is 415 g/mol. The summed E-state index contributed by atoms with van der Waals surface area (Å²) in [6.07, 6.45) is 1.08. The third-order valence-electron chi connectivity index (χ3n) is 4.49. The lowest BCUT2D eigenvalue weighted by molar-refractivity contribution is -0.119. The summed E-state index contributed by atoms with van der Waals surface area (Å²) in [5.74, 6) is -0.511. The molecule has 0 spiro atoms. The number of carbonyl (C=O) groups is 1. The highest BCUT2D eigenvalue weighted by Crippen LogP contribution is 2.22. The molecule has 0 saturated heterocycles. The van der Waals surface area contributed by atoms with Gasteiger partial charge in [-0.3, -0.25) is 9.10 Å². The number of hydrogen-bond acceptors (Lipinski definition) is 4. The second kappa shape index (κ2) is 8.78. The zero-order valence-electron chi connectivity index (χ0n) is 17.9. The fourth-order valence-corrected chi connectivity index (χ4v) is 3.62. The molecule has 0 saturated carbocycles. The molecule has 0 bridgehead atoms. The summed E-state index contributed by atoms with van der Waals surface area (Å²) in [6, 6.07) is 15.0. The highest BCUT2D eigenvalue weighted by atomic mass is 32.2. The van der Waals surface area contributed by atoms with E-state index in [0.717, 1.165) is 21.7 Å². The van der Waals surface area contributed by atoms with Gasteiger partial charge in [-0.1, -0.05) is 57.2 Å². The Labute approximate surface area is 173 Å². The summed E-state index contributed by atoms with van der Waals surface area (Å²) in [5, 5.41) is 4.13. The number of aryl methyl sites for hydroxylation is 1. The number of nitrogens with zero attached hydrogens (tertiary/aromatic N) is 2. The number of carbonyl (C=O) groups excluding carboxylic acids is 1. The largest absolute Gasteiger partial charge is 0.271 e. The highest BCUT2D eigenvalue weighted by Gasteiger charge is 2.21. The zero-order valence-corrected chi connectivity index (χ0v) is 18.7. The Bertz CT molecular complexity index is 1000. The third-order valence-corrected chi connectivity index (χ3v) is 5.63. The molecule has 156 valence electrons. The minimum atomic E-state index is -3.62. The van der Waals surface area contributed by atoms with E-state index in [9.17, 15) is 13.2 Å². The molecule has 0 fully saturated rings. The van der Waals surface area contributed by atoms with Gasteiger partial charge in [0, 0.05) is 0 Å². The van der Waals surface area contributed by atoms with Gasteiger partial charge in [-0.2, -0.15) is 5.10 Å². The van der Waals surface area contributed by atoms with Crippen LogP contribution in [-0.2, 0) is 20.2 Å². The molecule has 2 rings (SSSR count).